The highest BCUT2D eigenvalue weighted by Gasteiger charge is 2.29. The van der Waals surface area contributed by atoms with E-state index in [1.54, 1.807) is 6.92 Å². The van der Waals surface area contributed by atoms with E-state index < -0.39 is 23.3 Å². The minimum Gasteiger partial charge on any atom is -0.449 e. The maximum absolute atomic E-state index is 12.3. The van der Waals surface area contributed by atoms with Gasteiger partial charge in [-0.2, -0.15) is 0 Å². The second-order valence-corrected chi connectivity index (χ2v) is 7.48. The minimum atomic E-state index is -0.824. The Morgan fingerprint density at radius 3 is 2.03 bits per heavy atom. The molecule has 1 aliphatic carbocycles. The summed E-state index contributed by atoms with van der Waals surface area (Å²) >= 11 is 0. The molecule has 0 saturated heterocycles. The van der Waals surface area contributed by atoms with Gasteiger partial charge in [0.25, 0.3) is 5.69 Å². The summed E-state index contributed by atoms with van der Waals surface area (Å²) in [5, 5.41) is 15.7. The van der Waals surface area contributed by atoms with Crippen LogP contribution in [0.1, 0.15) is 24.0 Å². The fourth-order valence-corrected chi connectivity index (χ4v) is 3.80. The average Bonchev–Trinajstić information content (AvgIpc) is 3.11. The molecule has 1 atom stereocenters. The molecule has 2 amide bonds. The second-order valence-electron chi connectivity index (χ2n) is 7.48. The van der Waals surface area contributed by atoms with Crippen LogP contribution < -0.4 is 15.4 Å². The molecule has 33 heavy (non-hydrogen) atoms. The number of benzene rings is 3. The van der Waals surface area contributed by atoms with E-state index in [2.05, 4.69) is 22.8 Å². The van der Waals surface area contributed by atoms with Gasteiger partial charge < -0.3 is 20.1 Å². The van der Waals surface area contributed by atoms with Crippen LogP contribution in [-0.4, -0.2) is 29.9 Å². The highest BCUT2D eigenvalue weighted by atomic mass is 16.6. The molecule has 0 unspecified atom stereocenters. The summed E-state index contributed by atoms with van der Waals surface area (Å²) in [5.41, 5.74) is 4.35. The number of hydrogen-bond donors (Lipinski definition) is 2. The van der Waals surface area contributed by atoms with Crippen molar-refractivity contribution in [2.45, 2.75) is 19.0 Å². The molecule has 168 valence electrons. The van der Waals surface area contributed by atoms with Crippen LogP contribution in [0.3, 0.4) is 0 Å². The number of fused-ring (bicyclic) bond motifs is 3. The molecule has 0 saturated carbocycles. The monoisotopic (exact) mass is 447 g/mol. The van der Waals surface area contributed by atoms with Crippen LogP contribution in [0.15, 0.2) is 72.8 Å². The third-order valence-electron chi connectivity index (χ3n) is 5.27. The zero-order chi connectivity index (χ0) is 23.4. The average molecular weight is 447 g/mol. The number of nitro benzene ring substituents is 1. The Bertz CT molecular complexity index is 1150. The quantitative estimate of drug-likeness (QED) is 0.325. The molecule has 0 spiro atoms. The second kappa shape index (κ2) is 9.39. The Hall–Kier alpha value is -4.40. The van der Waals surface area contributed by atoms with Gasteiger partial charge in [-0.3, -0.25) is 10.1 Å². The van der Waals surface area contributed by atoms with Crippen LogP contribution in [0.4, 0.5) is 15.3 Å². The third kappa shape index (κ3) is 4.93. The standard InChI is InChI=1S/C24H21N3O6/c1-15(26-24(29)33-17-12-10-16(11-13-17)27(30)31)25-23(28)32-14-22-20-8-4-2-6-18(20)19-7-3-5-9-21(19)22/h2-13,15,22H,14H2,1H3,(H,25,28)(H,26,29)/t15-/m0/s1. The molecule has 9 nitrogen and oxygen atoms in total. The van der Waals surface area contributed by atoms with Crippen molar-refractivity contribution in [1.29, 1.82) is 0 Å². The van der Waals surface area contributed by atoms with E-state index in [4.69, 9.17) is 9.47 Å². The van der Waals surface area contributed by atoms with Gasteiger partial charge in [-0.25, -0.2) is 9.59 Å². The molecular formula is C24H21N3O6. The van der Waals surface area contributed by atoms with Crippen LogP contribution in [0.5, 0.6) is 5.75 Å². The summed E-state index contributed by atoms with van der Waals surface area (Å²) in [6.45, 7) is 1.71. The maximum Gasteiger partial charge on any atom is 0.414 e. The summed E-state index contributed by atoms with van der Waals surface area (Å²) in [6, 6.07) is 21.1. The van der Waals surface area contributed by atoms with Gasteiger partial charge in [-0.1, -0.05) is 48.5 Å². The first-order chi connectivity index (χ1) is 15.9. The fourth-order valence-electron chi connectivity index (χ4n) is 3.80. The molecule has 0 aromatic heterocycles. The van der Waals surface area contributed by atoms with E-state index in [0.29, 0.717) is 0 Å². The van der Waals surface area contributed by atoms with E-state index >= 15 is 0 Å². The van der Waals surface area contributed by atoms with Crippen LogP contribution in [-0.2, 0) is 4.74 Å². The molecule has 0 fully saturated rings. The van der Waals surface area contributed by atoms with Crippen molar-refractivity contribution in [2.75, 3.05) is 6.61 Å². The number of nitrogens with zero attached hydrogens (tertiary/aromatic N) is 1. The van der Waals surface area contributed by atoms with Crippen LogP contribution in [0, 0.1) is 10.1 Å². The zero-order valence-electron chi connectivity index (χ0n) is 17.7. The highest BCUT2D eigenvalue weighted by molar-refractivity contribution is 5.79. The fraction of sp³-hybridized carbons (Fsp3) is 0.167. The van der Waals surface area contributed by atoms with Crippen LogP contribution in [0.25, 0.3) is 11.1 Å². The molecule has 0 bridgehead atoms. The van der Waals surface area contributed by atoms with Gasteiger partial charge in [-0.05, 0) is 41.3 Å². The number of carbonyl (C=O) groups is 2. The largest absolute Gasteiger partial charge is 0.449 e. The molecule has 4 rings (SSSR count). The number of non-ortho nitro benzene ring substituents is 1. The molecule has 0 aliphatic heterocycles. The van der Waals surface area contributed by atoms with E-state index in [9.17, 15) is 19.7 Å². The number of ether oxygens (including phenoxy) is 2. The first kappa shape index (κ1) is 21.8. The van der Waals surface area contributed by atoms with Gasteiger partial charge in [0.1, 0.15) is 18.5 Å². The topological polar surface area (TPSA) is 120 Å². The first-order valence-electron chi connectivity index (χ1n) is 10.3. The molecule has 3 aromatic carbocycles. The number of amides is 2. The predicted molar refractivity (Wildman–Crippen MR) is 120 cm³/mol. The summed E-state index contributed by atoms with van der Waals surface area (Å²) in [7, 11) is 0. The summed E-state index contributed by atoms with van der Waals surface area (Å²) in [5.74, 6) is 0.0601. The number of rotatable bonds is 6. The summed E-state index contributed by atoms with van der Waals surface area (Å²) in [6.07, 6.45) is -2.28. The SMILES string of the molecule is C[C@@H](NC(=O)OCC1c2ccccc2-c2ccccc21)NC(=O)Oc1ccc([N+](=O)[O-])cc1. The van der Waals surface area contributed by atoms with Crippen molar-refractivity contribution < 1.29 is 24.0 Å². The zero-order valence-corrected chi connectivity index (χ0v) is 17.7. The Morgan fingerprint density at radius 2 is 1.45 bits per heavy atom. The molecule has 3 aromatic rings. The van der Waals surface area contributed by atoms with Gasteiger partial charge in [0, 0.05) is 18.1 Å². The molecule has 2 N–H and O–H groups in total. The van der Waals surface area contributed by atoms with Gasteiger partial charge >= 0.3 is 12.2 Å². The van der Waals surface area contributed by atoms with Gasteiger partial charge in [0.15, 0.2) is 0 Å². The lowest BCUT2D eigenvalue weighted by Crippen LogP contribution is -2.47. The van der Waals surface area contributed by atoms with Crippen LogP contribution >= 0.6 is 0 Å². The summed E-state index contributed by atoms with van der Waals surface area (Å²) < 4.78 is 10.5. The van der Waals surface area contributed by atoms with Crippen molar-refractivity contribution in [1.82, 2.24) is 10.6 Å². The van der Waals surface area contributed by atoms with Gasteiger partial charge in [0.05, 0.1) is 4.92 Å². The Kier molecular flexibility index (Phi) is 6.21. The normalized spacial score (nSPS) is 12.8. The van der Waals surface area contributed by atoms with Gasteiger partial charge in [0.2, 0.25) is 0 Å². The van der Waals surface area contributed by atoms with Gasteiger partial charge in [-0.15, -0.1) is 0 Å². The number of alkyl carbamates (subject to hydrolysis) is 1. The molecule has 1 aliphatic rings. The van der Waals surface area contributed by atoms with Crippen molar-refractivity contribution in [3.05, 3.63) is 94.0 Å². The van der Waals surface area contributed by atoms with E-state index in [0.717, 1.165) is 22.3 Å². The van der Waals surface area contributed by atoms with E-state index in [-0.39, 0.29) is 24.0 Å². The van der Waals surface area contributed by atoms with Crippen molar-refractivity contribution in [3.63, 3.8) is 0 Å². The van der Waals surface area contributed by atoms with E-state index in [1.807, 2.05) is 36.4 Å². The van der Waals surface area contributed by atoms with Crippen molar-refractivity contribution in [3.8, 4) is 16.9 Å². The van der Waals surface area contributed by atoms with Crippen molar-refractivity contribution in [2.24, 2.45) is 0 Å². The molecular weight excluding hydrogens is 426 g/mol. The number of carbonyl (C=O) groups excluding carboxylic acids is 2. The lowest BCUT2D eigenvalue weighted by molar-refractivity contribution is -0.384. The maximum atomic E-state index is 12.3. The molecule has 0 radical (unpaired) electrons. The molecule has 0 heterocycles. The third-order valence-corrected chi connectivity index (χ3v) is 5.27. The number of nitrogens with one attached hydrogen (secondary N) is 2. The number of nitro groups is 1. The summed E-state index contributed by atoms with van der Waals surface area (Å²) in [4.78, 5) is 34.4. The Balaban J connectivity index is 1.28. The Labute approximate surface area is 189 Å². The van der Waals surface area contributed by atoms with E-state index in [1.165, 1.54) is 24.3 Å². The Morgan fingerprint density at radius 1 is 0.909 bits per heavy atom. The lowest BCUT2D eigenvalue weighted by Gasteiger charge is -2.18. The minimum absolute atomic E-state index is 0.0708. The highest BCUT2D eigenvalue weighted by Crippen LogP contribution is 2.44. The first-order valence-corrected chi connectivity index (χ1v) is 10.3. The smallest absolute Gasteiger partial charge is 0.414 e. The van der Waals surface area contributed by atoms with Crippen molar-refractivity contribution >= 4 is 17.9 Å². The number of hydrogen-bond acceptors (Lipinski definition) is 6. The predicted octanol–water partition coefficient (Wildman–Crippen LogP) is 4.57. The molecule has 9 heteroatoms. The lowest BCUT2D eigenvalue weighted by atomic mass is 9.98. The van der Waals surface area contributed by atoms with Crippen LogP contribution in [0.2, 0.25) is 0 Å².